The third kappa shape index (κ3) is 3.22. The molecule has 0 saturated carbocycles. The highest BCUT2D eigenvalue weighted by Gasteiger charge is 2.23. The van der Waals surface area contributed by atoms with Gasteiger partial charge in [-0.15, -0.1) is 11.8 Å². The summed E-state index contributed by atoms with van der Waals surface area (Å²) in [4.78, 5) is 10.6. The lowest BCUT2D eigenvalue weighted by Crippen LogP contribution is -1.99. The van der Waals surface area contributed by atoms with Crippen LogP contribution in [0.25, 0.3) is 0 Å². The molecule has 0 unspecified atom stereocenters. The van der Waals surface area contributed by atoms with E-state index in [1.807, 2.05) is 0 Å². The zero-order chi connectivity index (χ0) is 16.4. The van der Waals surface area contributed by atoms with Crippen molar-refractivity contribution in [1.29, 1.82) is 0 Å². The van der Waals surface area contributed by atoms with Crippen LogP contribution in [0.5, 0.6) is 11.5 Å². The fourth-order valence-electron chi connectivity index (χ4n) is 1.88. The summed E-state index contributed by atoms with van der Waals surface area (Å²) in [5.41, 5.74) is 0.00423. The topological polar surface area (TPSA) is 52.4 Å². The van der Waals surface area contributed by atoms with E-state index in [2.05, 4.69) is 15.9 Å². The molecule has 2 aromatic carbocycles. The summed E-state index contributed by atoms with van der Waals surface area (Å²) >= 11 is 4.15. The molecule has 0 fully saturated rings. The zero-order valence-electron chi connectivity index (χ0n) is 11.5. The van der Waals surface area contributed by atoms with Crippen molar-refractivity contribution in [2.24, 2.45) is 0 Å². The summed E-state index contributed by atoms with van der Waals surface area (Å²) in [5, 5.41) is 10.9. The van der Waals surface area contributed by atoms with Gasteiger partial charge >= 0.3 is 0 Å². The lowest BCUT2D eigenvalue weighted by atomic mass is 10.2. The minimum Gasteiger partial charge on any atom is -0.453 e. The number of thioether (sulfide) groups is 1. The molecule has 0 atom stereocenters. The fourth-order valence-corrected chi connectivity index (χ4v) is 2.97. The van der Waals surface area contributed by atoms with Crippen molar-refractivity contribution < 1.29 is 18.4 Å². The molecular formula is C14H10BrF2NO3S. The Morgan fingerprint density at radius 3 is 2.50 bits per heavy atom. The first-order chi connectivity index (χ1) is 10.3. The average Bonchev–Trinajstić information content (AvgIpc) is 2.46. The second-order valence-corrected chi connectivity index (χ2v) is 5.97. The Balaban J connectivity index is 2.52. The minimum atomic E-state index is -0.845. The molecular weight excluding hydrogens is 380 g/mol. The third-order valence-electron chi connectivity index (χ3n) is 2.92. The van der Waals surface area contributed by atoms with E-state index in [4.69, 9.17) is 4.74 Å². The van der Waals surface area contributed by atoms with E-state index < -0.39 is 16.6 Å². The number of benzene rings is 2. The SMILES string of the molecule is CSc1c(C)c([N+](=O)[O-])cc(F)c1Oc1ccc(F)c(Br)c1. The number of rotatable bonds is 4. The molecule has 116 valence electrons. The van der Waals surface area contributed by atoms with E-state index in [0.29, 0.717) is 10.5 Å². The van der Waals surface area contributed by atoms with E-state index in [0.717, 1.165) is 17.8 Å². The van der Waals surface area contributed by atoms with Crippen LogP contribution in [0.15, 0.2) is 33.6 Å². The third-order valence-corrected chi connectivity index (χ3v) is 4.43. The summed E-state index contributed by atoms with van der Waals surface area (Å²) in [6.07, 6.45) is 1.67. The van der Waals surface area contributed by atoms with Crippen LogP contribution < -0.4 is 4.74 Å². The molecule has 0 aliphatic rings. The highest BCUT2D eigenvalue weighted by Crippen LogP contribution is 2.41. The Bertz CT molecular complexity index is 755. The molecule has 0 aromatic heterocycles. The first-order valence-electron chi connectivity index (χ1n) is 5.99. The number of nitro benzene ring substituents is 1. The number of nitrogens with zero attached hydrogens (tertiary/aromatic N) is 1. The Labute approximate surface area is 137 Å². The highest BCUT2D eigenvalue weighted by atomic mass is 79.9. The van der Waals surface area contributed by atoms with Crippen molar-refractivity contribution in [2.45, 2.75) is 11.8 Å². The second kappa shape index (κ2) is 6.62. The monoisotopic (exact) mass is 389 g/mol. The predicted octanol–water partition coefficient (Wildman–Crippen LogP) is 5.46. The number of halogens is 3. The van der Waals surface area contributed by atoms with Gasteiger partial charge in [0, 0.05) is 5.56 Å². The van der Waals surface area contributed by atoms with Crippen LogP contribution >= 0.6 is 27.7 Å². The molecule has 4 nitrogen and oxygen atoms in total. The molecule has 0 N–H and O–H groups in total. The van der Waals surface area contributed by atoms with Crippen LogP contribution in [0.2, 0.25) is 0 Å². The van der Waals surface area contributed by atoms with Gasteiger partial charge in [-0.05, 0) is 47.3 Å². The molecule has 0 radical (unpaired) electrons. The van der Waals surface area contributed by atoms with Gasteiger partial charge in [0.1, 0.15) is 11.6 Å². The van der Waals surface area contributed by atoms with Gasteiger partial charge in [-0.1, -0.05) is 0 Å². The van der Waals surface area contributed by atoms with E-state index in [1.54, 1.807) is 6.26 Å². The van der Waals surface area contributed by atoms with Gasteiger partial charge in [-0.25, -0.2) is 8.78 Å². The number of ether oxygens (including phenoxy) is 1. The van der Waals surface area contributed by atoms with Crippen molar-refractivity contribution in [1.82, 2.24) is 0 Å². The maximum absolute atomic E-state index is 14.2. The normalized spacial score (nSPS) is 10.6. The lowest BCUT2D eigenvalue weighted by molar-refractivity contribution is -0.385. The van der Waals surface area contributed by atoms with Gasteiger partial charge in [0.25, 0.3) is 5.69 Å². The van der Waals surface area contributed by atoms with Crippen molar-refractivity contribution in [2.75, 3.05) is 6.26 Å². The summed E-state index contributed by atoms with van der Waals surface area (Å²) in [5.74, 6) is -1.22. The number of nitro groups is 1. The summed E-state index contributed by atoms with van der Waals surface area (Å²) in [6, 6.07) is 4.70. The van der Waals surface area contributed by atoms with Gasteiger partial charge in [0.2, 0.25) is 0 Å². The van der Waals surface area contributed by atoms with Crippen molar-refractivity contribution in [3.63, 3.8) is 0 Å². The molecule has 0 aliphatic carbocycles. The smallest absolute Gasteiger partial charge is 0.276 e. The van der Waals surface area contributed by atoms with Crippen LogP contribution in [0.1, 0.15) is 5.56 Å². The zero-order valence-corrected chi connectivity index (χ0v) is 13.9. The van der Waals surface area contributed by atoms with Crippen LogP contribution in [0.4, 0.5) is 14.5 Å². The van der Waals surface area contributed by atoms with E-state index in [1.165, 1.54) is 25.1 Å². The number of hydrogen-bond donors (Lipinski definition) is 0. The van der Waals surface area contributed by atoms with Gasteiger partial charge in [0.15, 0.2) is 11.6 Å². The minimum absolute atomic E-state index is 0.117. The summed E-state index contributed by atoms with van der Waals surface area (Å²) in [7, 11) is 0. The van der Waals surface area contributed by atoms with Gasteiger partial charge in [0.05, 0.1) is 20.4 Å². The van der Waals surface area contributed by atoms with Crippen LogP contribution in [0.3, 0.4) is 0 Å². The van der Waals surface area contributed by atoms with Crippen LogP contribution in [-0.4, -0.2) is 11.2 Å². The van der Waals surface area contributed by atoms with Gasteiger partial charge in [-0.3, -0.25) is 10.1 Å². The molecule has 2 aromatic rings. The summed E-state index contributed by atoms with van der Waals surface area (Å²) in [6.45, 7) is 1.52. The Kier molecular flexibility index (Phi) is 5.02. The Morgan fingerprint density at radius 2 is 1.95 bits per heavy atom. The molecule has 0 amide bonds. The van der Waals surface area contributed by atoms with Gasteiger partial charge < -0.3 is 4.74 Å². The quantitative estimate of drug-likeness (QED) is 0.395. The molecule has 0 aliphatic heterocycles. The largest absolute Gasteiger partial charge is 0.453 e. The summed E-state index contributed by atoms with van der Waals surface area (Å²) < 4.78 is 33.0. The highest BCUT2D eigenvalue weighted by molar-refractivity contribution is 9.10. The lowest BCUT2D eigenvalue weighted by Gasteiger charge is -2.13. The molecule has 0 bridgehead atoms. The second-order valence-electron chi connectivity index (χ2n) is 4.30. The van der Waals surface area contributed by atoms with E-state index >= 15 is 0 Å². The standard InChI is InChI=1S/C14H10BrF2NO3S/c1-7-12(18(19)20)6-11(17)13(14(7)22-2)21-8-3-4-10(16)9(15)5-8/h3-6H,1-2H3. The molecule has 0 saturated heterocycles. The maximum Gasteiger partial charge on any atom is 0.276 e. The van der Waals surface area contributed by atoms with Crippen LogP contribution in [-0.2, 0) is 0 Å². The van der Waals surface area contributed by atoms with E-state index in [9.17, 15) is 18.9 Å². The van der Waals surface area contributed by atoms with Crippen LogP contribution in [0, 0.1) is 28.7 Å². The van der Waals surface area contributed by atoms with E-state index in [-0.39, 0.29) is 21.7 Å². The maximum atomic E-state index is 14.2. The fraction of sp³-hybridized carbons (Fsp3) is 0.143. The molecule has 2 rings (SSSR count). The molecule has 8 heteroatoms. The first kappa shape index (κ1) is 16.7. The average molecular weight is 390 g/mol. The van der Waals surface area contributed by atoms with Crippen molar-refractivity contribution in [3.05, 3.63) is 56.1 Å². The number of hydrogen-bond acceptors (Lipinski definition) is 4. The van der Waals surface area contributed by atoms with Gasteiger partial charge in [-0.2, -0.15) is 0 Å². The molecule has 22 heavy (non-hydrogen) atoms. The first-order valence-corrected chi connectivity index (χ1v) is 8.01. The van der Waals surface area contributed by atoms with Crippen molar-refractivity contribution >= 4 is 33.4 Å². The molecule has 0 spiro atoms. The Hall–Kier alpha value is -1.67. The van der Waals surface area contributed by atoms with Crippen molar-refractivity contribution in [3.8, 4) is 11.5 Å². The molecule has 0 heterocycles. The Morgan fingerprint density at radius 1 is 1.27 bits per heavy atom. The predicted molar refractivity (Wildman–Crippen MR) is 83.7 cm³/mol.